The van der Waals surface area contributed by atoms with Crippen LogP contribution in [0.25, 0.3) is 0 Å². The van der Waals surface area contributed by atoms with E-state index in [1.54, 1.807) is 4.90 Å². The summed E-state index contributed by atoms with van der Waals surface area (Å²) in [5.74, 6) is -1.03. The van der Waals surface area contributed by atoms with Crippen LogP contribution in [0.2, 0.25) is 0 Å². The van der Waals surface area contributed by atoms with E-state index in [4.69, 9.17) is 14.9 Å². The molecule has 1 rings (SSSR count). The lowest BCUT2D eigenvalue weighted by atomic mass is 10.2. The molecule has 116 valence electrons. The summed E-state index contributed by atoms with van der Waals surface area (Å²) in [6, 6.07) is 0. The van der Waals surface area contributed by atoms with Crippen LogP contribution < -0.4 is 5.32 Å². The van der Waals surface area contributed by atoms with Crippen molar-refractivity contribution >= 4 is 11.9 Å². The molecule has 1 fully saturated rings. The number of nitrogens with zero attached hydrogens (tertiary/aromatic N) is 1. The largest absolute Gasteiger partial charge is 0.481 e. The molecule has 0 aromatic carbocycles. The predicted molar refractivity (Wildman–Crippen MR) is 72.4 cm³/mol. The lowest BCUT2D eigenvalue weighted by Gasteiger charge is -2.21. The highest BCUT2D eigenvalue weighted by atomic mass is 16.5. The number of carboxylic acid groups (broad SMARTS) is 1. The Hall–Kier alpha value is -1.18. The van der Waals surface area contributed by atoms with Crippen molar-refractivity contribution in [1.82, 2.24) is 10.2 Å². The average Bonchev–Trinajstić information content (AvgIpc) is 2.92. The monoisotopic (exact) mass is 288 g/mol. The summed E-state index contributed by atoms with van der Waals surface area (Å²) in [5, 5.41) is 20.3. The van der Waals surface area contributed by atoms with Crippen LogP contribution in [0.5, 0.6) is 0 Å². The number of carboxylic acids is 1. The molecule has 7 nitrogen and oxygen atoms in total. The van der Waals surface area contributed by atoms with Gasteiger partial charge in [0.1, 0.15) is 0 Å². The fraction of sp³-hybridized carbons (Fsp3) is 0.846. The minimum Gasteiger partial charge on any atom is -0.481 e. The van der Waals surface area contributed by atoms with Crippen molar-refractivity contribution in [3.63, 3.8) is 0 Å². The van der Waals surface area contributed by atoms with Crippen molar-refractivity contribution in [2.75, 3.05) is 39.4 Å². The van der Waals surface area contributed by atoms with Gasteiger partial charge in [0.05, 0.1) is 19.1 Å². The predicted octanol–water partition coefficient (Wildman–Crippen LogP) is -0.559. The van der Waals surface area contributed by atoms with E-state index < -0.39 is 5.97 Å². The van der Waals surface area contributed by atoms with Crippen LogP contribution in [0.15, 0.2) is 0 Å². The van der Waals surface area contributed by atoms with E-state index in [0.29, 0.717) is 26.1 Å². The zero-order valence-electron chi connectivity index (χ0n) is 11.7. The maximum Gasteiger partial charge on any atom is 0.304 e. The number of amides is 1. The highest BCUT2D eigenvalue weighted by Crippen LogP contribution is 2.10. The molecule has 0 spiro atoms. The van der Waals surface area contributed by atoms with Gasteiger partial charge >= 0.3 is 5.97 Å². The third kappa shape index (κ3) is 7.42. The minimum atomic E-state index is -0.890. The summed E-state index contributed by atoms with van der Waals surface area (Å²) >= 11 is 0. The van der Waals surface area contributed by atoms with Crippen LogP contribution in [0, 0.1) is 0 Å². The molecule has 0 bridgehead atoms. The Morgan fingerprint density at radius 1 is 1.35 bits per heavy atom. The summed E-state index contributed by atoms with van der Waals surface area (Å²) in [7, 11) is 0. The molecule has 0 aromatic rings. The normalized spacial score (nSPS) is 18.4. The molecule has 20 heavy (non-hydrogen) atoms. The van der Waals surface area contributed by atoms with E-state index in [-0.39, 0.29) is 31.6 Å². The van der Waals surface area contributed by atoms with E-state index in [0.717, 1.165) is 19.4 Å². The molecule has 7 heteroatoms. The number of nitrogens with one attached hydrogen (secondary N) is 1. The SMILES string of the molecule is O=C(O)CCN(CCCO)CC(=O)NCC1CCCO1. The fourth-order valence-electron chi connectivity index (χ4n) is 2.11. The molecule has 1 heterocycles. The zero-order chi connectivity index (χ0) is 14.8. The lowest BCUT2D eigenvalue weighted by molar-refractivity contribution is -0.137. The number of carbonyl (C=O) groups excluding carboxylic acids is 1. The Labute approximate surface area is 118 Å². The molecular weight excluding hydrogens is 264 g/mol. The van der Waals surface area contributed by atoms with Crippen molar-refractivity contribution in [3.05, 3.63) is 0 Å². The van der Waals surface area contributed by atoms with Gasteiger partial charge in [0.25, 0.3) is 0 Å². The number of aliphatic hydroxyl groups is 1. The lowest BCUT2D eigenvalue weighted by Crippen LogP contribution is -2.41. The second-order valence-corrected chi connectivity index (χ2v) is 4.94. The van der Waals surface area contributed by atoms with Gasteiger partial charge in [-0.15, -0.1) is 0 Å². The molecule has 1 atom stereocenters. The number of hydrogen-bond donors (Lipinski definition) is 3. The fourth-order valence-corrected chi connectivity index (χ4v) is 2.11. The second kappa shape index (κ2) is 9.68. The molecule has 1 amide bonds. The van der Waals surface area contributed by atoms with Crippen molar-refractivity contribution in [3.8, 4) is 0 Å². The van der Waals surface area contributed by atoms with Crippen molar-refractivity contribution in [2.45, 2.75) is 31.8 Å². The molecule has 3 N–H and O–H groups in total. The highest BCUT2D eigenvalue weighted by molar-refractivity contribution is 5.78. The smallest absolute Gasteiger partial charge is 0.304 e. The van der Waals surface area contributed by atoms with Crippen molar-refractivity contribution in [1.29, 1.82) is 0 Å². The summed E-state index contributed by atoms with van der Waals surface area (Å²) in [5.41, 5.74) is 0. The van der Waals surface area contributed by atoms with Crippen LogP contribution in [0.1, 0.15) is 25.7 Å². The number of ether oxygens (including phenoxy) is 1. The van der Waals surface area contributed by atoms with E-state index >= 15 is 0 Å². The molecule has 0 saturated carbocycles. The van der Waals surface area contributed by atoms with Gasteiger partial charge in [0.2, 0.25) is 5.91 Å². The molecule has 0 radical (unpaired) electrons. The first kappa shape index (κ1) is 16.9. The molecule has 1 aliphatic rings. The third-order valence-electron chi connectivity index (χ3n) is 3.19. The van der Waals surface area contributed by atoms with Gasteiger partial charge in [-0.2, -0.15) is 0 Å². The highest BCUT2D eigenvalue weighted by Gasteiger charge is 2.17. The number of aliphatic carboxylic acids is 1. The topological polar surface area (TPSA) is 99.1 Å². The van der Waals surface area contributed by atoms with E-state index in [2.05, 4.69) is 5.32 Å². The van der Waals surface area contributed by atoms with Crippen molar-refractivity contribution < 1.29 is 24.5 Å². The van der Waals surface area contributed by atoms with Gasteiger partial charge in [-0.25, -0.2) is 0 Å². The number of hydrogen-bond acceptors (Lipinski definition) is 5. The molecule has 1 unspecified atom stereocenters. The van der Waals surface area contributed by atoms with Gasteiger partial charge in [0.15, 0.2) is 0 Å². The summed E-state index contributed by atoms with van der Waals surface area (Å²) < 4.78 is 5.41. The molecule has 0 aromatic heterocycles. The van der Waals surface area contributed by atoms with Crippen LogP contribution in [-0.2, 0) is 14.3 Å². The van der Waals surface area contributed by atoms with E-state index in [1.165, 1.54) is 0 Å². The maximum atomic E-state index is 11.8. The molecular formula is C13H24N2O5. The number of rotatable bonds is 10. The Bertz CT molecular complexity index is 305. The van der Waals surface area contributed by atoms with Crippen LogP contribution in [0.3, 0.4) is 0 Å². The van der Waals surface area contributed by atoms with Crippen LogP contribution in [0.4, 0.5) is 0 Å². The third-order valence-corrected chi connectivity index (χ3v) is 3.19. The van der Waals surface area contributed by atoms with Crippen LogP contribution in [-0.4, -0.2) is 72.5 Å². The zero-order valence-corrected chi connectivity index (χ0v) is 11.7. The summed E-state index contributed by atoms with van der Waals surface area (Å²) in [4.78, 5) is 24.1. The standard InChI is InChI=1S/C13H24N2O5/c16-7-2-5-15(6-4-13(18)19)10-12(17)14-9-11-3-1-8-20-11/h11,16H,1-10H2,(H,14,17)(H,18,19). The summed E-state index contributed by atoms with van der Waals surface area (Å²) in [6.45, 7) is 2.26. The molecule has 0 aliphatic carbocycles. The van der Waals surface area contributed by atoms with Crippen LogP contribution >= 0.6 is 0 Å². The Balaban J connectivity index is 2.25. The first-order valence-corrected chi connectivity index (χ1v) is 7.05. The first-order chi connectivity index (χ1) is 9.61. The Morgan fingerprint density at radius 3 is 2.75 bits per heavy atom. The number of carbonyl (C=O) groups is 2. The van der Waals surface area contributed by atoms with Gasteiger partial charge in [-0.3, -0.25) is 14.5 Å². The Morgan fingerprint density at radius 2 is 2.15 bits per heavy atom. The molecule has 1 saturated heterocycles. The van der Waals surface area contributed by atoms with Crippen molar-refractivity contribution in [2.24, 2.45) is 0 Å². The quantitative estimate of drug-likeness (QED) is 0.498. The van der Waals surface area contributed by atoms with E-state index in [9.17, 15) is 9.59 Å². The van der Waals surface area contributed by atoms with Gasteiger partial charge in [-0.05, 0) is 19.3 Å². The first-order valence-electron chi connectivity index (χ1n) is 7.05. The maximum absolute atomic E-state index is 11.8. The summed E-state index contributed by atoms with van der Waals surface area (Å²) in [6.07, 6.45) is 2.61. The minimum absolute atomic E-state index is 0.00948. The van der Waals surface area contributed by atoms with E-state index in [1.807, 2.05) is 0 Å². The average molecular weight is 288 g/mol. The van der Waals surface area contributed by atoms with Gasteiger partial charge in [-0.1, -0.05) is 0 Å². The number of aliphatic hydroxyl groups excluding tert-OH is 1. The second-order valence-electron chi connectivity index (χ2n) is 4.94. The Kier molecular flexibility index (Phi) is 8.17. The molecule has 1 aliphatic heterocycles. The van der Waals surface area contributed by atoms with Gasteiger partial charge in [0, 0.05) is 32.8 Å². The van der Waals surface area contributed by atoms with Gasteiger partial charge < -0.3 is 20.3 Å².